The van der Waals surface area contributed by atoms with Crippen molar-refractivity contribution in [2.75, 3.05) is 0 Å². The summed E-state index contributed by atoms with van der Waals surface area (Å²) >= 11 is 5.51. The Morgan fingerprint density at radius 2 is 1.29 bits per heavy atom. The molecule has 0 aliphatic heterocycles. The summed E-state index contributed by atoms with van der Waals surface area (Å²) in [5.74, 6) is -31.4. The molecule has 156 valence electrons. The van der Waals surface area contributed by atoms with Gasteiger partial charge < -0.3 is 4.42 Å². The zero-order valence-electron chi connectivity index (χ0n) is 12.7. The van der Waals surface area contributed by atoms with Gasteiger partial charge in [0, 0.05) is 11.1 Å². The first-order chi connectivity index (χ1) is 12.4. The Hall–Kier alpha value is -2.05. The van der Waals surface area contributed by atoms with Crippen LogP contribution in [0.4, 0.5) is 48.3 Å². The standard InChI is InChI=1S/C14H4ClF11O2/c15-5-1-2-8-6(3-5)7(27)4-9(28-8)10(16,17)11(18,19)12(20,21)13(22,23)14(24,25)26/h1-4H. The molecule has 2 nitrogen and oxygen atoms in total. The van der Waals surface area contributed by atoms with Crippen LogP contribution < -0.4 is 5.43 Å². The molecule has 1 aromatic heterocycles. The van der Waals surface area contributed by atoms with Gasteiger partial charge in [0.25, 0.3) is 0 Å². The largest absolute Gasteiger partial charge is 0.460 e. The van der Waals surface area contributed by atoms with E-state index in [9.17, 15) is 53.1 Å². The van der Waals surface area contributed by atoms with E-state index in [-0.39, 0.29) is 5.02 Å². The summed E-state index contributed by atoms with van der Waals surface area (Å²) in [5, 5.41) is -0.705. The maximum Gasteiger partial charge on any atom is 0.460 e. The van der Waals surface area contributed by atoms with Crippen molar-refractivity contribution in [2.45, 2.75) is 29.9 Å². The molecule has 1 heterocycles. The molecule has 0 spiro atoms. The Morgan fingerprint density at radius 1 is 0.750 bits per heavy atom. The molecule has 0 saturated heterocycles. The first-order valence-electron chi connectivity index (χ1n) is 6.70. The smallest absolute Gasteiger partial charge is 0.454 e. The lowest BCUT2D eigenvalue weighted by Gasteiger charge is -2.36. The molecule has 0 saturated carbocycles. The van der Waals surface area contributed by atoms with E-state index in [0.717, 1.165) is 12.1 Å². The van der Waals surface area contributed by atoms with Gasteiger partial charge in [0.1, 0.15) is 5.58 Å². The summed E-state index contributed by atoms with van der Waals surface area (Å²) in [4.78, 5) is 11.7. The third kappa shape index (κ3) is 2.99. The van der Waals surface area contributed by atoms with E-state index in [1.54, 1.807) is 0 Å². The Bertz CT molecular complexity index is 962. The van der Waals surface area contributed by atoms with Crippen LogP contribution in [0.3, 0.4) is 0 Å². The Labute approximate surface area is 151 Å². The van der Waals surface area contributed by atoms with Crippen LogP contribution >= 0.6 is 11.6 Å². The number of rotatable bonds is 4. The molecule has 14 heteroatoms. The van der Waals surface area contributed by atoms with Gasteiger partial charge >= 0.3 is 29.9 Å². The summed E-state index contributed by atoms with van der Waals surface area (Å²) in [6.07, 6.45) is -7.28. The van der Waals surface area contributed by atoms with Crippen molar-refractivity contribution in [2.24, 2.45) is 0 Å². The third-order valence-corrected chi connectivity index (χ3v) is 3.77. The SMILES string of the molecule is O=c1cc(C(F)(F)C(F)(F)C(F)(F)C(F)(F)C(F)(F)F)oc2ccc(Cl)cc12. The van der Waals surface area contributed by atoms with Crippen LogP contribution in [0.25, 0.3) is 11.0 Å². The van der Waals surface area contributed by atoms with E-state index >= 15 is 0 Å². The Balaban J connectivity index is 2.69. The molecule has 0 N–H and O–H groups in total. The zero-order chi connectivity index (χ0) is 21.9. The molecule has 28 heavy (non-hydrogen) atoms. The van der Waals surface area contributed by atoms with Crippen molar-refractivity contribution in [3.8, 4) is 0 Å². The van der Waals surface area contributed by atoms with E-state index in [1.165, 1.54) is 0 Å². The van der Waals surface area contributed by atoms with Crippen molar-refractivity contribution < 1.29 is 52.7 Å². The van der Waals surface area contributed by atoms with Crippen molar-refractivity contribution in [1.29, 1.82) is 0 Å². The number of fused-ring (bicyclic) bond motifs is 1. The van der Waals surface area contributed by atoms with E-state index < -0.39 is 58.1 Å². The van der Waals surface area contributed by atoms with Gasteiger partial charge in [-0.25, -0.2) is 0 Å². The molecule has 0 fully saturated rings. The lowest BCUT2D eigenvalue weighted by atomic mass is 9.96. The third-order valence-electron chi connectivity index (χ3n) is 3.54. The highest BCUT2D eigenvalue weighted by Gasteiger charge is 2.87. The second-order valence-corrected chi connectivity index (χ2v) is 5.85. The molecule has 0 atom stereocenters. The van der Waals surface area contributed by atoms with Crippen LogP contribution in [0.15, 0.2) is 33.5 Å². The number of benzene rings is 1. The molecule has 0 aliphatic rings. The van der Waals surface area contributed by atoms with Crippen LogP contribution in [0, 0.1) is 0 Å². The maximum absolute atomic E-state index is 13.9. The van der Waals surface area contributed by atoms with Crippen molar-refractivity contribution in [3.63, 3.8) is 0 Å². The molecule has 0 bridgehead atoms. The van der Waals surface area contributed by atoms with Gasteiger partial charge in [0.2, 0.25) is 0 Å². The molecule has 0 aliphatic carbocycles. The van der Waals surface area contributed by atoms with E-state index in [4.69, 9.17) is 11.6 Å². The first-order valence-corrected chi connectivity index (χ1v) is 7.07. The summed E-state index contributed by atoms with van der Waals surface area (Å²) in [6, 6.07) is 2.00. The van der Waals surface area contributed by atoms with E-state index in [1.807, 2.05) is 0 Å². The lowest BCUT2D eigenvalue weighted by Crippen LogP contribution is -2.65. The molecular weight excluding hydrogens is 445 g/mol. The van der Waals surface area contributed by atoms with Gasteiger partial charge in [-0.05, 0) is 18.2 Å². The molecule has 0 unspecified atom stereocenters. The second-order valence-electron chi connectivity index (χ2n) is 5.41. The fourth-order valence-corrected chi connectivity index (χ4v) is 2.18. The molecule has 2 rings (SSSR count). The molecule has 0 amide bonds. The first kappa shape index (κ1) is 22.2. The molecule has 1 aromatic carbocycles. The minimum Gasteiger partial charge on any atom is -0.454 e. The van der Waals surface area contributed by atoms with Crippen LogP contribution in [0.1, 0.15) is 5.76 Å². The predicted molar refractivity (Wildman–Crippen MR) is 72.3 cm³/mol. The summed E-state index contributed by atoms with van der Waals surface area (Å²) in [6.45, 7) is 0. The van der Waals surface area contributed by atoms with Gasteiger partial charge in [0.15, 0.2) is 11.2 Å². The minimum atomic E-state index is -7.60. The van der Waals surface area contributed by atoms with Crippen LogP contribution in [0.5, 0.6) is 0 Å². The van der Waals surface area contributed by atoms with Gasteiger partial charge in [0.05, 0.1) is 5.39 Å². The van der Waals surface area contributed by atoms with Crippen LogP contribution in [-0.4, -0.2) is 23.9 Å². The zero-order valence-corrected chi connectivity index (χ0v) is 13.4. The summed E-state index contributed by atoms with van der Waals surface area (Å²) < 4.78 is 148. The van der Waals surface area contributed by atoms with Crippen molar-refractivity contribution >= 4 is 22.6 Å². The highest BCUT2D eigenvalue weighted by atomic mass is 35.5. The highest BCUT2D eigenvalue weighted by Crippen LogP contribution is 2.59. The van der Waals surface area contributed by atoms with Gasteiger partial charge in [-0.15, -0.1) is 0 Å². The number of hydrogen-bond donors (Lipinski definition) is 0. The normalized spacial score (nSPS) is 14.6. The second kappa shape index (κ2) is 6.22. The average molecular weight is 449 g/mol. The van der Waals surface area contributed by atoms with Crippen molar-refractivity contribution in [3.05, 3.63) is 45.3 Å². The fraction of sp³-hybridized carbons (Fsp3) is 0.357. The number of halogens is 12. The monoisotopic (exact) mass is 448 g/mol. The van der Waals surface area contributed by atoms with Crippen LogP contribution in [-0.2, 0) is 5.92 Å². The van der Waals surface area contributed by atoms with Gasteiger partial charge in [-0.3, -0.25) is 4.79 Å². The lowest BCUT2D eigenvalue weighted by molar-refractivity contribution is -0.426. The topological polar surface area (TPSA) is 30.2 Å². The quantitative estimate of drug-likeness (QED) is 0.537. The summed E-state index contributed by atoms with van der Waals surface area (Å²) in [7, 11) is 0. The van der Waals surface area contributed by atoms with Crippen molar-refractivity contribution in [1.82, 2.24) is 0 Å². The van der Waals surface area contributed by atoms with Gasteiger partial charge in [-0.2, -0.15) is 48.3 Å². The predicted octanol–water partition coefficient (Wildman–Crippen LogP) is 6.01. The fourth-order valence-electron chi connectivity index (χ4n) is 2.01. The number of hydrogen-bond acceptors (Lipinski definition) is 2. The Morgan fingerprint density at radius 3 is 1.79 bits per heavy atom. The maximum atomic E-state index is 13.9. The van der Waals surface area contributed by atoms with Crippen LogP contribution in [0.2, 0.25) is 5.02 Å². The molecule has 2 aromatic rings. The van der Waals surface area contributed by atoms with E-state index in [2.05, 4.69) is 4.42 Å². The highest BCUT2D eigenvalue weighted by molar-refractivity contribution is 6.31. The van der Waals surface area contributed by atoms with E-state index in [0.29, 0.717) is 6.07 Å². The molecular formula is C14H4ClF11O2. The average Bonchev–Trinajstić information content (AvgIpc) is 2.53. The Kier molecular flexibility index (Phi) is 4.94. The molecule has 0 radical (unpaired) electrons. The number of alkyl halides is 11. The minimum absolute atomic E-state index is 0.138. The van der Waals surface area contributed by atoms with Gasteiger partial charge in [-0.1, -0.05) is 11.6 Å². The summed E-state index contributed by atoms with van der Waals surface area (Å²) in [5.41, 5.74) is -2.40.